The third-order valence-corrected chi connectivity index (χ3v) is 4.66. The number of rotatable bonds is 6. The smallest absolute Gasteiger partial charge is 0.258 e. The number of aromatic nitrogens is 2. The molecule has 1 atom stereocenters. The number of carbonyl (C=O) groups excluding carboxylic acids is 1. The summed E-state index contributed by atoms with van der Waals surface area (Å²) in [6.07, 6.45) is 0. The minimum atomic E-state index is -0.214. The maximum absolute atomic E-state index is 12.4. The summed E-state index contributed by atoms with van der Waals surface area (Å²) >= 11 is 0. The van der Waals surface area contributed by atoms with Gasteiger partial charge in [0.15, 0.2) is 6.61 Å². The van der Waals surface area contributed by atoms with E-state index in [1.54, 1.807) is 0 Å². The van der Waals surface area contributed by atoms with Gasteiger partial charge in [-0.2, -0.15) is 0 Å². The molecule has 142 valence electrons. The maximum Gasteiger partial charge on any atom is 0.258 e. The lowest BCUT2D eigenvalue weighted by Gasteiger charge is -2.19. The molecule has 3 aromatic rings. The van der Waals surface area contributed by atoms with Crippen molar-refractivity contribution in [3.8, 4) is 5.75 Å². The summed E-state index contributed by atoms with van der Waals surface area (Å²) in [7, 11) is 0. The van der Waals surface area contributed by atoms with E-state index in [9.17, 15) is 4.79 Å². The van der Waals surface area contributed by atoms with Crippen LogP contribution in [0.3, 0.4) is 0 Å². The number of nitrogens with zero attached hydrogens (tertiary/aromatic N) is 2. The topological polar surface area (TPSA) is 56.1 Å². The van der Waals surface area contributed by atoms with Gasteiger partial charge in [0.1, 0.15) is 11.6 Å². The fourth-order valence-corrected chi connectivity index (χ4v) is 3.42. The van der Waals surface area contributed by atoms with E-state index in [1.807, 2.05) is 57.2 Å². The van der Waals surface area contributed by atoms with E-state index in [-0.39, 0.29) is 24.6 Å². The van der Waals surface area contributed by atoms with Gasteiger partial charge in [-0.05, 0) is 57.9 Å². The van der Waals surface area contributed by atoms with Crippen LogP contribution in [-0.4, -0.2) is 22.1 Å². The summed E-state index contributed by atoms with van der Waals surface area (Å²) in [4.78, 5) is 17.2. The molecule has 0 radical (unpaired) electrons. The van der Waals surface area contributed by atoms with Gasteiger partial charge >= 0.3 is 0 Å². The number of imidazole rings is 1. The van der Waals surface area contributed by atoms with Crippen LogP contribution in [0.2, 0.25) is 0 Å². The van der Waals surface area contributed by atoms with Crippen molar-refractivity contribution in [3.63, 3.8) is 0 Å². The average molecular weight is 365 g/mol. The highest BCUT2D eigenvalue weighted by Gasteiger charge is 2.20. The van der Waals surface area contributed by atoms with Crippen molar-refractivity contribution in [3.05, 3.63) is 59.4 Å². The van der Waals surface area contributed by atoms with E-state index in [4.69, 9.17) is 9.72 Å². The number of para-hydroxylation sites is 3. The summed E-state index contributed by atoms with van der Waals surface area (Å²) in [5, 5.41) is 3.01. The average Bonchev–Trinajstić information content (AvgIpc) is 3.01. The Bertz CT molecular complexity index is 939. The monoisotopic (exact) mass is 365 g/mol. The second-order valence-corrected chi connectivity index (χ2v) is 7.22. The second-order valence-electron chi connectivity index (χ2n) is 7.22. The van der Waals surface area contributed by atoms with E-state index in [2.05, 4.69) is 29.8 Å². The highest BCUT2D eigenvalue weighted by molar-refractivity contribution is 5.79. The Labute approximate surface area is 160 Å². The Balaban J connectivity index is 1.73. The van der Waals surface area contributed by atoms with Gasteiger partial charge in [0.25, 0.3) is 5.91 Å². The van der Waals surface area contributed by atoms with Crippen molar-refractivity contribution < 1.29 is 9.53 Å². The van der Waals surface area contributed by atoms with Gasteiger partial charge in [0.2, 0.25) is 0 Å². The Kier molecular flexibility index (Phi) is 5.49. The molecule has 0 aliphatic carbocycles. The van der Waals surface area contributed by atoms with Crippen molar-refractivity contribution in [1.82, 2.24) is 14.9 Å². The number of carbonyl (C=O) groups is 1. The number of ether oxygens (including phenoxy) is 1. The van der Waals surface area contributed by atoms with Crippen LogP contribution < -0.4 is 10.1 Å². The molecule has 0 saturated carbocycles. The van der Waals surface area contributed by atoms with Crippen molar-refractivity contribution in [2.45, 2.75) is 46.7 Å². The summed E-state index contributed by atoms with van der Waals surface area (Å²) in [5.74, 6) is 1.47. The van der Waals surface area contributed by atoms with Gasteiger partial charge in [-0.3, -0.25) is 4.79 Å². The Hall–Kier alpha value is -2.82. The van der Waals surface area contributed by atoms with Crippen molar-refractivity contribution in [2.24, 2.45) is 0 Å². The third-order valence-electron chi connectivity index (χ3n) is 4.66. The van der Waals surface area contributed by atoms with E-state index >= 15 is 0 Å². The number of hydrogen-bond donors (Lipinski definition) is 1. The summed E-state index contributed by atoms with van der Waals surface area (Å²) in [6, 6.07) is 14.0. The number of amides is 1. The minimum Gasteiger partial charge on any atom is -0.483 e. The van der Waals surface area contributed by atoms with Crippen LogP contribution in [0, 0.1) is 13.8 Å². The Morgan fingerprint density at radius 2 is 1.74 bits per heavy atom. The summed E-state index contributed by atoms with van der Waals surface area (Å²) < 4.78 is 7.94. The molecule has 0 spiro atoms. The molecule has 0 saturated heterocycles. The quantitative estimate of drug-likeness (QED) is 0.700. The molecule has 2 aromatic carbocycles. The van der Waals surface area contributed by atoms with Gasteiger partial charge in [-0.1, -0.05) is 30.3 Å². The molecule has 5 nitrogen and oxygen atoms in total. The molecular weight excluding hydrogens is 338 g/mol. The van der Waals surface area contributed by atoms with Gasteiger partial charge in [-0.25, -0.2) is 4.98 Å². The molecule has 0 aliphatic rings. The molecule has 3 rings (SSSR count). The van der Waals surface area contributed by atoms with Gasteiger partial charge in [-0.15, -0.1) is 0 Å². The highest BCUT2D eigenvalue weighted by atomic mass is 16.5. The van der Waals surface area contributed by atoms with Crippen LogP contribution in [0.5, 0.6) is 5.75 Å². The Morgan fingerprint density at radius 3 is 2.41 bits per heavy atom. The van der Waals surface area contributed by atoms with Crippen LogP contribution in [-0.2, 0) is 4.79 Å². The SMILES string of the molecule is Cc1cccc(C)c1OCC(=O)N[C@H](C)c1nc2ccccc2n1C(C)C. The predicted octanol–water partition coefficient (Wildman–Crippen LogP) is 4.49. The molecule has 1 aromatic heterocycles. The summed E-state index contributed by atoms with van der Waals surface area (Å²) in [6.45, 7) is 10.1. The van der Waals surface area contributed by atoms with Crippen LogP contribution in [0.15, 0.2) is 42.5 Å². The first-order chi connectivity index (χ1) is 12.9. The molecular formula is C22H27N3O2. The first kappa shape index (κ1) is 19.0. The van der Waals surface area contributed by atoms with Crippen LogP contribution >= 0.6 is 0 Å². The molecule has 1 amide bonds. The zero-order chi connectivity index (χ0) is 19.6. The lowest BCUT2D eigenvalue weighted by Crippen LogP contribution is -2.33. The van der Waals surface area contributed by atoms with E-state index < -0.39 is 0 Å². The minimum absolute atomic E-state index is 0.0159. The first-order valence-electron chi connectivity index (χ1n) is 9.33. The lowest BCUT2D eigenvalue weighted by molar-refractivity contribution is -0.123. The number of nitrogens with one attached hydrogen (secondary N) is 1. The molecule has 5 heteroatoms. The maximum atomic E-state index is 12.4. The molecule has 1 heterocycles. The zero-order valence-corrected chi connectivity index (χ0v) is 16.6. The number of hydrogen-bond acceptors (Lipinski definition) is 3. The zero-order valence-electron chi connectivity index (χ0n) is 16.6. The molecule has 1 N–H and O–H groups in total. The van der Waals surface area contributed by atoms with Crippen LogP contribution in [0.4, 0.5) is 0 Å². The van der Waals surface area contributed by atoms with Crippen molar-refractivity contribution in [2.75, 3.05) is 6.61 Å². The third kappa shape index (κ3) is 3.97. The van der Waals surface area contributed by atoms with E-state index in [0.717, 1.165) is 33.7 Å². The standard InChI is InChI=1S/C22H27N3O2/c1-14(2)25-19-12-7-6-11-18(19)24-22(25)17(5)23-20(26)13-27-21-15(3)9-8-10-16(21)4/h6-12,14,17H,13H2,1-5H3,(H,23,26)/t17-/m1/s1. The van der Waals surface area contributed by atoms with E-state index in [1.165, 1.54) is 0 Å². The number of fused-ring (bicyclic) bond motifs is 1. The molecule has 0 fully saturated rings. The van der Waals surface area contributed by atoms with Crippen LogP contribution in [0.25, 0.3) is 11.0 Å². The second kappa shape index (κ2) is 7.82. The predicted molar refractivity (Wildman–Crippen MR) is 108 cm³/mol. The number of benzene rings is 2. The van der Waals surface area contributed by atoms with Crippen LogP contribution in [0.1, 0.15) is 49.8 Å². The summed E-state index contributed by atoms with van der Waals surface area (Å²) in [5.41, 5.74) is 4.07. The molecule has 27 heavy (non-hydrogen) atoms. The highest BCUT2D eigenvalue weighted by Crippen LogP contribution is 2.25. The van der Waals surface area contributed by atoms with Gasteiger partial charge < -0.3 is 14.6 Å². The fourth-order valence-electron chi connectivity index (χ4n) is 3.42. The largest absolute Gasteiger partial charge is 0.483 e. The van der Waals surface area contributed by atoms with Crippen molar-refractivity contribution in [1.29, 1.82) is 0 Å². The van der Waals surface area contributed by atoms with Crippen molar-refractivity contribution >= 4 is 16.9 Å². The molecule has 0 aliphatic heterocycles. The molecule has 0 bridgehead atoms. The van der Waals surface area contributed by atoms with Gasteiger partial charge in [0, 0.05) is 6.04 Å². The normalized spacial score (nSPS) is 12.4. The van der Waals surface area contributed by atoms with E-state index in [0.29, 0.717) is 0 Å². The molecule has 0 unspecified atom stereocenters. The first-order valence-corrected chi connectivity index (χ1v) is 9.33. The lowest BCUT2D eigenvalue weighted by atomic mass is 10.1. The number of aryl methyl sites for hydroxylation is 2. The Morgan fingerprint density at radius 1 is 1.07 bits per heavy atom. The fraction of sp³-hybridized carbons (Fsp3) is 0.364. The van der Waals surface area contributed by atoms with Gasteiger partial charge in [0.05, 0.1) is 17.1 Å².